The number of unbranched alkanes of at least 4 members (excludes halogenated alkanes) is 16. The number of carbonyl (C=O) groups is 12. The van der Waals surface area contributed by atoms with Crippen LogP contribution in [0.25, 0.3) is 0 Å². The Morgan fingerprint density at radius 2 is 0.443 bits per heavy atom. The van der Waals surface area contributed by atoms with Gasteiger partial charge in [-0.05, 0) is 45.6 Å². The Morgan fingerprint density at radius 1 is 0.213 bits per heavy atom. The number of aliphatic carboxylic acids is 3. The van der Waals surface area contributed by atoms with E-state index in [1.165, 1.54) is 57.8 Å². The summed E-state index contributed by atoms with van der Waals surface area (Å²) < 4.78 is 86.1. The molecule has 710 valence electrons. The van der Waals surface area contributed by atoms with Crippen LogP contribution in [0, 0.1) is 0 Å². The molecule has 0 bridgehead atoms. The predicted molar refractivity (Wildman–Crippen MR) is 444 cm³/mol. The summed E-state index contributed by atoms with van der Waals surface area (Å²) in [6.45, 7) is 8.39. The van der Waals surface area contributed by atoms with Crippen LogP contribution in [0.1, 0.15) is 148 Å². The largest absolute Gasteiger partial charge is 0.481 e. The summed E-state index contributed by atoms with van der Waals surface area (Å²) in [6.07, 6.45) is 19.8. The third-order valence-corrected chi connectivity index (χ3v) is 17.2. The normalized spacial score (nSPS) is 11.7. The molecule has 0 rings (SSSR count). The van der Waals surface area contributed by atoms with Gasteiger partial charge in [-0.2, -0.15) is 0 Å². The molecule has 0 spiro atoms. The molecule has 0 saturated carbocycles. The Hall–Kier alpha value is -7.08. The van der Waals surface area contributed by atoms with E-state index in [0.717, 1.165) is 38.5 Å². The lowest BCUT2D eigenvalue weighted by Crippen LogP contribution is -2.41. The molecule has 42 nitrogen and oxygen atoms in total. The maximum Gasteiger partial charge on any atom is 0.326 e. The van der Waals surface area contributed by atoms with Crippen LogP contribution in [-0.2, 0) is 133 Å². The molecule has 14 N–H and O–H groups in total. The molecule has 0 aromatic carbocycles. The number of ether oxygens (including phenoxy) is 16. The average molecular weight is 1760 g/mol. The molecule has 9 amide bonds. The molecule has 122 heavy (non-hydrogen) atoms. The molecule has 0 unspecified atom stereocenters. The standard InChI is InChI=1S/C80H149N11O31/c1-81-67(79(103)104)20-18-19-25-83-71(94)60-116-53-46-108-36-27-82-26-35-107-44-45-109-38-29-85-72(95)61-118-55-48-111-40-31-87-74(97)63-120-57-50-113-42-33-89-76(99)65-122-59-52-115-43-34-90-77(100)66-121-58-51-114-41-32-88-75(98)64-119-56-49-112-39-30-86-73(96)62-117-54-47-110-37-28-84-69(92)24-23-68(80(105)106)91-70(93)21-16-14-12-10-8-6-4-2-3-5-7-9-11-13-15-17-22-78(101)102/h67-68,81-82H,2-66H2,1H3,(H,83,94)(H,84,92)(H,85,95)(H,86,96)(H,87,97)(H,88,98)(H,89,99)(H,90,100)(H,91,93)(H,101,102)(H,103,104)(H,105,106)/t67-,68-/m0/s1. The summed E-state index contributed by atoms with van der Waals surface area (Å²) in [6, 6.07) is -1.75. The summed E-state index contributed by atoms with van der Waals surface area (Å²) in [5.74, 6) is -5.75. The molecule has 0 radical (unpaired) electrons. The highest BCUT2D eigenvalue weighted by molar-refractivity contribution is 5.84. The van der Waals surface area contributed by atoms with Gasteiger partial charge in [0.15, 0.2) is 0 Å². The van der Waals surface area contributed by atoms with Crippen molar-refractivity contribution >= 4 is 71.1 Å². The van der Waals surface area contributed by atoms with Gasteiger partial charge in [0.2, 0.25) is 53.2 Å². The zero-order valence-electron chi connectivity index (χ0n) is 72.4. The Bertz CT molecular complexity index is 2620. The average Bonchev–Trinajstić information content (AvgIpc) is 0.918. The van der Waals surface area contributed by atoms with Gasteiger partial charge in [-0.1, -0.05) is 89.9 Å². The van der Waals surface area contributed by atoms with E-state index in [4.69, 9.17) is 86.0 Å². The van der Waals surface area contributed by atoms with Crippen molar-refractivity contribution in [2.75, 3.05) is 284 Å². The molecule has 2 atom stereocenters. The minimum absolute atomic E-state index is 0.0465. The van der Waals surface area contributed by atoms with Crippen LogP contribution in [0.15, 0.2) is 0 Å². The Morgan fingerprint density at radius 3 is 0.697 bits per heavy atom. The Balaban J connectivity index is 3.49. The molecule has 0 aliphatic carbocycles. The lowest BCUT2D eigenvalue weighted by atomic mass is 10.0. The monoisotopic (exact) mass is 1760 g/mol. The van der Waals surface area contributed by atoms with Gasteiger partial charge >= 0.3 is 17.9 Å². The molecular weight excluding hydrogens is 1610 g/mol. The van der Waals surface area contributed by atoms with Crippen molar-refractivity contribution in [1.29, 1.82) is 0 Å². The van der Waals surface area contributed by atoms with Crippen LogP contribution in [0.5, 0.6) is 0 Å². The number of rotatable bonds is 96. The summed E-state index contributed by atoms with van der Waals surface area (Å²) in [5.41, 5.74) is 0. The highest BCUT2D eigenvalue weighted by Gasteiger charge is 2.21. The fraction of sp³-hybridized carbons (Fsp3) is 0.850. The minimum Gasteiger partial charge on any atom is -0.481 e. The number of carbonyl (C=O) groups excluding carboxylic acids is 9. The summed E-state index contributed by atoms with van der Waals surface area (Å²) in [4.78, 5) is 142. The topological polar surface area (TPSA) is 546 Å². The van der Waals surface area contributed by atoms with Crippen molar-refractivity contribution in [3.63, 3.8) is 0 Å². The van der Waals surface area contributed by atoms with Crippen LogP contribution >= 0.6 is 0 Å². The maximum absolute atomic E-state index is 12.4. The first-order valence-corrected chi connectivity index (χ1v) is 43.2. The molecule has 42 heteroatoms. The number of nitrogens with one attached hydrogen (secondary N) is 11. The van der Waals surface area contributed by atoms with Crippen molar-refractivity contribution in [3.8, 4) is 0 Å². The number of hydrogen-bond acceptors (Lipinski definition) is 30. The van der Waals surface area contributed by atoms with Crippen LogP contribution in [0.4, 0.5) is 0 Å². The molecule has 0 heterocycles. The van der Waals surface area contributed by atoms with E-state index >= 15 is 0 Å². The van der Waals surface area contributed by atoms with E-state index in [1.54, 1.807) is 7.05 Å². The van der Waals surface area contributed by atoms with Gasteiger partial charge in [0.1, 0.15) is 58.3 Å². The van der Waals surface area contributed by atoms with Crippen molar-refractivity contribution in [3.05, 3.63) is 0 Å². The first-order chi connectivity index (χ1) is 59.4. The predicted octanol–water partition coefficient (Wildman–Crippen LogP) is -0.930. The van der Waals surface area contributed by atoms with Crippen LogP contribution in [-0.4, -0.2) is 382 Å². The third kappa shape index (κ3) is 87.8. The SMILES string of the molecule is CN[C@@H](CCCCNC(=O)COCCOCCNCCOCCOCCNC(=O)COCCOCCNC(=O)COCCOCCNC(=O)COCCOCCNC(=O)COCCOCCNC(=O)COCCOCCNC(=O)COCCOCCNC(=O)CC[C@H](NC(=O)CCCCCCCCCCCCCCCCCCC(=O)O)C(=O)O)C(=O)O. The maximum atomic E-state index is 12.4. The van der Waals surface area contributed by atoms with E-state index in [-0.39, 0.29) is 290 Å². The van der Waals surface area contributed by atoms with Gasteiger partial charge in [0.25, 0.3) is 0 Å². The second-order valence-corrected chi connectivity index (χ2v) is 27.7. The second-order valence-electron chi connectivity index (χ2n) is 27.7. The van der Waals surface area contributed by atoms with Crippen molar-refractivity contribution in [2.24, 2.45) is 0 Å². The zero-order chi connectivity index (χ0) is 89.1. The number of amides is 9. The lowest BCUT2D eigenvalue weighted by molar-refractivity contribution is -0.142. The van der Waals surface area contributed by atoms with Crippen molar-refractivity contribution in [2.45, 2.75) is 160 Å². The van der Waals surface area contributed by atoms with Gasteiger partial charge in [0, 0.05) is 84.7 Å². The first-order valence-electron chi connectivity index (χ1n) is 43.2. The minimum atomic E-state index is -1.20. The van der Waals surface area contributed by atoms with Crippen LogP contribution in [0.2, 0.25) is 0 Å². The summed E-state index contributed by atoms with van der Waals surface area (Å²) in [5, 5.41) is 57.2. The Labute approximate surface area is 719 Å². The molecule has 0 aromatic rings. The quantitative estimate of drug-likeness (QED) is 0.0327. The number of carboxylic acids is 3. The lowest BCUT2D eigenvalue weighted by Gasteiger charge is -2.14. The first kappa shape index (κ1) is 115. The van der Waals surface area contributed by atoms with E-state index in [2.05, 4.69) is 58.5 Å². The molecule has 0 aliphatic heterocycles. The van der Waals surface area contributed by atoms with Gasteiger partial charge in [-0.25, -0.2) is 4.79 Å². The molecular formula is C80H149N11O31. The molecule has 0 aromatic heterocycles. The summed E-state index contributed by atoms with van der Waals surface area (Å²) in [7, 11) is 1.60. The van der Waals surface area contributed by atoms with E-state index in [9.17, 15) is 62.6 Å². The van der Waals surface area contributed by atoms with E-state index in [0.29, 0.717) is 91.5 Å². The number of carboxylic acid groups (broad SMARTS) is 3. The van der Waals surface area contributed by atoms with Gasteiger partial charge in [-0.3, -0.25) is 52.7 Å². The van der Waals surface area contributed by atoms with Gasteiger partial charge in [-0.15, -0.1) is 0 Å². The third-order valence-electron chi connectivity index (χ3n) is 17.2. The summed E-state index contributed by atoms with van der Waals surface area (Å²) >= 11 is 0. The second kappa shape index (κ2) is 90.2. The van der Waals surface area contributed by atoms with Gasteiger partial charge < -0.3 is 150 Å². The van der Waals surface area contributed by atoms with Crippen molar-refractivity contribution < 1.29 is 149 Å². The molecule has 0 aliphatic rings. The molecule has 0 fully saturated rings. The Kier molecular flexibility index (Phi) is 84.9. The number of hydrogen-bond donors (Lipinski definition) is 14. The smallest absolute Gasteiger partial charge is 0.326 e. The highest BCUT2D eigenvalue weighted by Crippen LogP contribution is 2.15. The molecule has 0 saturated heterocycles. The fourth-order valence-electron chi connectivity index (χ4n) is 10.6. The van der Waals surface area contributed by atoms with Crippen molar-refractivity contribution in [1.82, 2.24) is 58.5 Å². The highest BCUT2D eigenvalue weighted by atomic mass is 16.6. The fourth-order valence-corrected chi connectivity index (χ4v) is 10.6. The van der Waals surface area contributed by atoms with Gasteiger partial charge in [0.05, 0.1) is 165 Å². The zero-order valence-corrected chi connectivity index (χ0v) is 72.4. The van der Waals surface area contributed by atoms with E-state index in [1.807, 2.05) is 0 Å². The van der Waals surface area contributed by atoms with Crippen LogP contribution < -0.4 is 58.5 Å². The number of likely N-dealkylation sites (N-methyl/N-ethyl adjacent to an activating group) is 1. The van der Waals surface area contributed by atoms with E-state index < -0.39 is 30.0 Å². The van der Waals surface area contributed by atoms with Crippen LogP contribution in [0.3, 0.4) is 0 Å².